The first-order valence-corrected chi connectivity index (χ1v) is 17.7. The molecule has 0 radical (unpaired) electrons. The maximum absolute atomic E-state index is 4.73. The number of nitrogens with zero attached hydrogens (tertiary/aromatic N) is 2. The van der Waals surface area contributed by atoms with Crippen LogP contribution in [0.25, 0.3) is 99.0 Å². The Balaban J connectivity index is 1.15. The minimum Gasteiger partial charge on any atom is -0.256 e. The third-order valence-electron chi connectivity index (χ3n) is 10.3. The normalized spacial score (nSPS) is 11.5. The van der Waals surface area contributed by atoms with Crippen LogP contribution in [-0.4, -0.2) is 9.97 Å². The lowest BCUT2D eigenvalue weighted by atomic mass is 9.84. The SMILES string of the molecule is c1ccc(-c2ccc3c(-c4ccc(-c5cnc6ccccc6c5)cc4)c4ccccc4c(-c4ccc(-c5cnc6ccccc6c5)cc4)c3c2)cc1. The molecule has 8 aromatic carbocycles. The van der Waals surface area contributed by atoms with Gasteiger partial charge in [0.25, 0.3) is 0 Å². The van der Waals surface area contributed by atoms with E-state index < -0.39 is 0 Å². The number of aromatic nitrogens is 2. The quantitative estimate of drug-likeness (QED) is 0.172. The molecule has 52 heavy (non-hydrogen) atoms. The molecule has 242 valence electrons. The molecule has 0 amide bonds. The Morgan fingerprint density at radius 1 is 0.250 bits per heavy atom. The summed E-state index contributed by atoms with van der Waals surface area (Å²) in [5, 5.41) is 7.23. The van der Waals surface area contributed by atoms with Crippen molar-refractivity contribution in [1.29, 1.82) is 0 Å². The molecule has 10 rings (SSSR count). The van der Waals surface area contributed by atoms with Crippen LogP contribution in [0.3, 0.4) is 0 Å². The van der Waals surface area contributed by atoms with Gasteiger partial charge in [0.2, 0.25) is 0 Å². The number of hydrogen-bond acceptors (Lipinski definition) is 2. The maximum atomic E-state index is 4.73. The van der Waals surface area contributed by atoms with Gasteiger partial charge in [0.1, 0.15) is 0 Å². The van der Waals surface area contributed by atoms with Gasteiger partial charge < -0.3 is 0 Å². The molecule has 0 unspecified atom stereocenters. The predicted molar refractivity (Wildman–Crippen MR) is 219 cm³/mol. The van der Waals surface area contributed by atoms with E-state index >= 15 is 0 Å². The highest BCUT2D eigenvalue weighted by molar-refractivity contribution is 6.22. The fraction of sp³-hybridized carbons (Fsp3) is 0. The second-order valence-corrected chi connectivity index (χ2v) is 13.4. The number of para-hydroxylation sites is 2. The van der Waals surface area contributed by atoms with Gasteiger partial charge in [-0.25, -0.2) is 0 Å². The van der Waals surface area contributed by atoms with Crippen molar-refractivity contribution in [2.24, 2.45) is 0 Å². The first-order valence-electron chi connectivity index (χ1n) is 17.7. The summed E-state index contributed by atoms with van der Waals surface area (Å²) in [6.07, 6.45) is 3.95. The van der Waals surface area contributed by atoms with Crippen molar-refractivity contribution in [2.75, 3.05) is 0 Å². The number of fused-ring (bicyclic) bond motifs is 4. The van der Waals surface area contributed by atoms with Crippen molar-refractivity contribution in [3.63, 3.8) is 0 Å². The minimum atomic E-state index is 1.01. The van der Waals surface area contributed by atoms with E-state index in [1.807, 2.05) is 24.5 Å². The molecular weight excluding hydrogens is 629 g/mol. The summed E-state index contributed by atoms with van der Waals surface area (Å²) >= 11 is 0. The van der Waals surface area contributed by atoms with Gasteiger partial charge in [0.15, 0.2) is 0 Å². The van der Waals surface area contributed by atoms with E-state index in [0.29, 0.717) is 0 Å². The van der Waals surface area contributed by atoms with Crippen LogP contribution in [0.15, 0.2) is 194 Å². The molecule has 0 saturated heterocycles. The first-order chi connectivity index (χ1) is 25.8. The van der Waals surface area contributed by atoms with Crippen molar-refractivity contribution in [1.82, 2.24) is 9.97 Å². The van der Waals surface area contributed by atoms with Crippen molar-refractivity contribution in [2.45, 2.75) is 0 Å². The minimum absolute atomic E-state index is 1.01. The van der Waals surface area contributed by atoms with Crippen LogP contribution < -0.4 is 0 Å². The lowest BCUT2D eigenvalue weighted by Crippen LogP contribution is -1.92. The molecule has 0 aliphatic carbocycles. The van der Waals surface area contributed by atoms with Gasteiger partial charge in [-0.1, -0.05) is 152 Å². The highest BCUT2D eigenvalue weighted by Crippen LogP contribution is 2.45. The third kappa shape index (κ3) is 5.21. The van der Waals surface area contributed by atoms with Crippen LogP contribution in [0.4, 0.5) is 0 Å². The molecule has 0 bridgehead atoms. The molecule has 2 nitrogen and oxygen atoms in total. The van der Waals surface area contributed by atoms with Crippen molar-refractivity contribution in [3.05, 3.63) is 194 Å². The summed E-state index contributed by atoms with van der Waals surface area (Å²) in [4.78, 5) is 9.45. The Kier molecular flexibility index (Phi) is 7.18. The van der Waals surface area contributed by atoms with Crippen LogP contribution in [0, 0.1) is 0 Å². The zero-order valence-corrected chi connectivity index (χ0v) is 28.4. The fourth-order valence-electron chi connectivity index (χ4n) is 7.73. The van der Waals surface area contributed by atoms with Crippen LogP contribution in [-0.2, 0) is 0 Å². The number of benzene rings is 8. The van der Waals surface area contributed by atoms with E-state index in [4.69, 9.17) is 9.97 Å². The zero-order valence-electron chi connectivity index (χ0n) is 28.4. The summed E-state index contributed by atoms with van der Waals surface area (Å²) in [7, 11) is 0. The van der Waals surface area contributed by atoms with Gasteiger partial charge in [0.05, 0.1) is 11.0 Å². The molecule has 0 saturated carbocycles. The largest absolute Gasteiger partial charge is 0.256 e. The van der Waals surface area contributed by atoms with Crippen LogP contribution >= 0.6 is 0 Å². The van der Waals surface area contributed by atoms with Crippen LogP contribution in [0.1, 0.15) is 0 Å². The molecule has 10 aromatic rings. The van der Waals surface area contributed by atoms with Gasteiger partial charge in [-0.3, -0.25) is 9.97 Å². The van der Waals surface area contributed by atoms with Crippen molar-refractivity contribution < 1.29 is 0 Å². The van der Waals surface area contributed by atoms with Crippen LogP contribution in [0.5, 0.6) is 0 Å². The molecule has 0 fully saturated rings. The molecule has 2 heteroatoms. The Hall–Kier alpha value is -6.90. The average Bonchev–Trinajstić information content (AvgIpc) is 3.22. The molecular formula is C50H32N2. The Morgan fingerprint density at radius 2 is 0.654 bits per heavy atom. The summed E-state index contributed by atoms with van der Waals surface area (Å²) in [6.45, 7) is 0. The molecule has 0 aliphatic heterocycles. The van der Waals surface area contributed by atoms with E-state index in [1.54, 1.807) is 0 Å². The molecule has 0 atom stereocenters. The van der Waals surface area contributed by atoms with Gasteiger partial charge in [-0.15, -0.1) is 0 Å². The number of rotatable bonds is 5. The maximum Gasteiger partial charge on any atom is 0.0702 e. The summed E-state index contributed by atoms with van der Waals surface area (Å²) in [6, 6.07) is 65.5. The Morgan fingerprint density at radius 3 is 1.21 bits per heavy atom. The highest BCUT2D eigenvalue weighted by Gasteiger charge is 2.18. The lowest BCUT2D eigenvalue weighted by Gasteiger charge is -2.19. The average molecular weight is 661 g/mol. The third-order valence-corrected chi connectivity index (χ3v) is 10.3. The Labute approximate surface area is 302 Å². The number of pyridine rings is 2. The standard InChI is InChI=1S/C50H32N2/c1-2-10-33(11-3-1)38-26-27-45-46(30-38)50(37-24-20-35(21-25-37)42-29-40-13-5-9-17-48(40)52-32-42)44-15-7-6-14-43(44)49(45)36-22-18-34(19-23-36)41-28-39-12-4-8-16-47(39)51-31-41/h1-32H. The van der Waals surface area contributed by atoms with Gasteiger partial charge in [0, 0.05) is 34.3 Å². The molecule has 2 heterocycles. The van der Waals surface area contributed by atoms with E-state index in [9.17, 15) is 0 Å². The van der Waals surface area contributed by atoms with E-state index in [2.05, 4.69) is 170 Å². The van der Waals surface area contributed by atoms with Crippen LogP contribution in [0.2, 0.25) is 0 Å². The summed E-state index contributed by atoms with van der Waals surface area (Å²) < 4.78 is 0. The van der Waals surface area contributed by atoms with Gasteiger partial charge in [-0.2, -0.15) is 0 Å². The lowest BCUT2D eigenvalue weighted by molar-refractivity contribution is 1.41. The second kappa shape index (κ2) is 12.5. The highest BCUT2D eigenvalue weighted by atomic mass is 14.7. The fourth-order valence-corrected chi connectivity index (χ4v) is 7.73. The van der Waals surface area contributed by atoms with E-state index in [-0.39, 0.29) is 0 Å². The van der Waals surface area contributed by atoms with Gasteiger partial charge in [-0.05, 0) is 96.4 Å². The van der Waals surface area contributed by atoms with Gasteiger partial charge >= 0.3 is 0 Å². The smallest absolute Gasteiger partial charge is 0.0702 e. The summed E-state index contributed by atoms with van der Waals surface area (Å²) in [5.74, 6) is 0. The molecule has 0 aliphatic rings. The first kappa shape index (κ1) is 30.0. The van der Waals surface area contributed by atoms with Crippen molar-refractivity contribution >= 4 is 43.4 Å². The van der Waals surface area contributed by atoms with Crippen molar-refractivity contribution in [3.8, 4) is 55.6 Å². The zero-order chi connectivity index (χ0) is 34.4. The molecule has 0 spiro atoms. The topological polar surface area (TPSA) is 25.8 Å². The van der Waals surface area contributed by atoms with E-state index in [1.165, 1.54) is 54.9 Å². The second-order valence-electron chi connectivity index (χ2n) is 13.4. The Bertz CT molecular complexity index is 2930. The number of hydrogen-bond donors (Lipinski definition) is 0. The summed E-state index contributed by atoms with van der Waals surface area (Å²) in [5.41, 5.74) is 13.8. The van der Waals surface area contributed by atoms with E-state index in [0.717, 1.165) is 44.1 Å². The monoisotopic (exact) mass is 660 g/mol. The molecule has 0 N–H and O–H groups in total. The molecule has 2 aromatic heterocycles. The predicted octanol–water partition coefficient (Wildman–Crippen LogP) is 13.4.